The number of nitrogens with zero attached hydrogens (tertiary/aromatic N) is 5. The van der Waals surface area contributed by atoms with Crippen molar-refractivity contribution in [3.63, 3.8) is 0 Å². The summed E-state index contributed by atoms with van der Waals surface area (Å²) in [5.41, 5.74) is 20.9. The largest absolute Gasteiger partial charge is 0.508 e. The molecule has 0 radical (unpaired) electrons. The lowest BCUT2D eigenvalue weighted by atomic mass is 9.98. The van der Waals surface area contributed by atoms with Crippen LogP contribution in [0.25, 0.3) is 10.9 Å². The van der Waals surface area contributed by atoms with Crippen LogP contribution in [0.5, 0.6) is 11.5 Å². The molecule has 1 aromatic heterocycles. The highest BCUT2D eigenvalue weighted by atomic mass is 32.2. The van der Waals surface area contributed by atoms with Gasteiger partial charge in [0.2, 0.25) is 76.8 Å². The van der Waals surface area contributed by atoms with E-state index in [1.165, 1.54) is 67.3 Å². The van der Waals surface area contributed by atoms with Gasteiger partial charge in [0.25, 0.3) is 0 Å². The Morgan fingerprint density at radius 1 is 0.562 bits per heavy atom. The summed E-state index contributed by atoms with van der Waals surface area (Å²) < 4.78 is 56.4. The Morgan fingerprint density at radius 2 is 1.08 bits per heavy atom. The van der Waals surface area contributed by atoms with Crippen molar-refractivity contribution < 1.29 is 110 Å². The molecule has 13 atom stereocenters. The Labute approximate surface area is 795 Å². The maximum Gasteiger partial charge on any atom is 0.305 e. The number of H-pyrrole nitrogens is 1. The molecule has 6 aromatic carbocycles. The first-order valence-electron chi connectivity index (χ1n) is 45.2. The number of likely N-dealkylation sites (N-methyl/N-ethyl adjacent to an activating group) is 3. The summed E-state index contributed by atoms with van der Waals surface area (Å²) in [7, 11) is 3.98. The molecule has 7 aromatic rings. The van der Waals surface area contributed by atoms with Gasteiger partial charge in [-0.1, -0.05) is 137 Å². The first-order chi connectivity index (χ1) is 65.5. The standard InChI is InChI=1S/C96H122F3N17O20S/c1-7-8-25-76(95(133)116-36-38-136-52-79(116)90(128)107-64(51-117)47-83(122)123)112(4)94(132)78(45-58-20-13-10-14-21-58)114(6)92(130)73(43-61-39-68(97)84(99)69(98)40-61)108-82(121)55-137-54-75(86(124)105-50-81(101)120)104-49-63(22-17-34-100)106-87(125)71(41-59-26-30-65(118)31-27-59)109-88(126)72(46-62-48-103-70-24-16-15-23-67(62)70)110-91(129)80-53-135-37-35-115(80)93(131)74(42-60-28-32-66(119)33-29-60)111-89(127)77(44-57-18-11-9-12-19-57)113(5)96(134)85(102)56(2)3/h9-16,18-21,23-24,26-33,39-40,48,51,56,63-64,71-80,85,103-104,118-119H,7-8,17,22,25,34-38,41-47,49-50,52-55,100,102H2,1-6H3,(H2,101,120)(H,105,124)(H,106,125)(H,107,128)(H,108,121)(H,109,126)(H,110,129)(H,111,127)(H,122,123)/t63-,64-,71-,72-,73-,74-,75-,76-,77-,78-,79+,80+,85-/m0/s1. The van der Waals surface area contributed by atoms with Gasteiger partial charge in [-0.05, 0) is 108 Å². The van der Waals surface area contributed by atoms with Crippen LogP contribution in [-0.4, -0.2) is 304 Å². The van der Waals surface area contributed by atoms with Crippen LogP contribution in [0, 0.1) is 23.4 Å². The van der Waals surface area contributed by atoms with Crippen LogP contribution in [0.1, 0.15) is 92.7 Å². The molecule has 2 saturated heterocycles. The maximum atomic E-state index is 15.6. The Balaban J connectivity index is 0.958. The Kier molecular flexibility index (Phi) is 41.3. The van der Waals surface area contributed by atoms with E-state index < -0.39 is 211 Å². The summed E-state index contributed by atoms with van der Waals surface area (Å²) in [5, 5.41) is 52.8. The number of hydrogen-bond acceptors (Lipinski definition) is 23. The van der Waals surface area contributed by atoms with Crippen molar-refractivity contribution in [3.05, 3.63) is 203 Å². The molecule has 9 rings (SSSR count). The molecule has 2 fully saturated rings. The molecule has 41 heteroatoms. The number of amides is 13. The van der Waals surface area contributed by atoms with Crippen molar-refractivity contribution in [1.29, 1.82) is 0 Å². The lowest BCUT2D eigenvalue weighted by Gasteiger charge is -2.40. The zero-order valence-corrected chi connectivity index (χ0v) is 78.0. The first kappa shape index (κ1) is 107. The number of nitrogens with two attached hydrogens (primary N) is 3. The predicted octanol–water partition coefficient (Wildman–Crippen LogP) is 1.48. The van der Waals surface area contributed by atoms with Gasteiger partial charge in [-0.15, -0.1) is 11.8 Å². The topological polar surface area (TPSA) is 541 Å². The number of phenolic OH excluding ortho intramolecular Hbond substituents is 2. The molecule has 37 nitrogen and oxygen atoms in total. The molecule has 13 amide bonds. The minimum absolute atomic E-state index is 0.00442. The second kappa shape index (κ2) is 52.7. The number of morpholine rings is 2. The number of halogens is 3. The van der Waals surface area contributed by atoms with Crippen molar-refractivity contribution >= 4 is 112 Å². The second-order valence-corrected chi connectivity index (χ2v) is 35.3. The number of aromatic hydroxyl groups is 2. The molecule has 0 saturated carbocycles. The summed E-state index contributed by atoms with van der Waals surface area (Å²) >= 11 is 0.798. The van der Waals surface area contributed by atoms with E-state index >= 15 is 37.5 Å². The molecule has 738 valence electrons. The second-order valence-electron chi connectivity index (χ2n) is 34.3. The van der Waals surface area contributed by atoms with Crippen LogP contribution < -0.4 is 59.7 Å². The molecule has 0 unspecified atom stereocenters. The fraction of sp³-hybridized carbons (Fsp3) is 0.448. The SMILES string of the molecule is CCCC[C@@H](C(=O)N1CCOC[C@@H]1C(=O)N[C@H](C=O)CC(=O)O)N(C)C(=O)[C@H](Cc1ccccc1)N(C)C(=O)[C@H](Cc1cc(F)c(F)c(F)c1)NC(=O)CSC[C@H](NC[C@H](CCCN)NC(=O)[C@H](Cc1ccc(O)cc1)NC(=O)[C@H](Cc1c[nH]c2ccccc12)NC(=O)[C@H]1COCCN1C(=O)[C@H](Cc1ccc(O)cc1)NC(=O)[C@H](Cc1ccccc1)N(C)C(=O)[C@@H](N)C(C)C)C(=O)NCC(N)=O. The third-order valence-corrected chi connectivity index (χ3v) is 24.9. The van der Waals surface area contributed by atoms with Crippen LogP contribution in [0.2, 0.25) is 0 Å². The van der Waals surface area contributed by atoms with Gasteiger partial charge in [-0.2, -0.15) is 0 Å². The number of hydrogen-bond donors (Lipinski definition) is 15. The van der Waals surface area contributed by atoms with Crippen molar-refractivity contribution in [2.75, 3.05) is 91.8 Å². The van der Waals surface area contributed by atoms with Gasteiger partial charge in [0.05, 0.1) is 63.3 Å². The van der Waals surface area contributed by atoms with Crippen LogP contribution in [0.15, 0.2) is 152 Å². The number of ether oxygens (including phenoxy) is 2. The molecule has 0 spiro atoms. The van der Waals surface area contributed by atoms with E-state index in [1.807, 2.05) is 6.92 Å². The van der Waals surface area contributed by atoms with E-state index in [9.17, 15) is 62.9 Å². The smallest absolute Gasteiger partial charge is 0.305 e. The molecule has 2 aliphatic heterocycles. The number of benzene rings is 6. The quantitative estimate of drug-likeness (QED) is 0.0190. The van der Waals surface area contributed by atoms with Gasteiger partial charge in [0.15, 0.2) is 17.5 Å². The number of phenols is 2. The van der Waals surface area contributed by atoms with Crippen molar-refractivity contribution in [3.8, 4) is 11.5 Å². The van der Waals surface area contributed by atoms with E-state index in [0.717, 1.165) is 26.5 Å². The van der Waals surface area contributed by atoms with Gasteiger partial charge in [-0.3, -0.25) is 67.1 Å². The number of nitrogens with one attached hydrogen (secondary N) is 9. The number of carbonyl (C=O) groups excluding carboxylic acids is 14. The number of primary amides is 1. The van der Waals surface area contributed by atoms with Crippen LogP contribution in [0.3, 0.4) is 0 Å². The van der Waals surface area contributed by atoms with E-state index in [4.69, 9.17) is 26.7 Å². The van der Waals surface area contributed by atoms with Crippen molar-refractivity contribution in [2.45, 2.75) is 176 Å². The molecule has 0 aliphatic carbocycles. The average Bonchev–Trinajstić information content (AvgIpc) is 1.67. The highest BCUT2D eigenvalue weighted by molar-refractivity contribution is 8.00. The third-order valence-electron chi connectivity index (χ3n) is 23.8. The number of unbranched alkanes of at least 4 members (excludes halogenated alkanes) is 1. The van der Waals surface area contributed by atoms with E-state index in [1.54, 1.807) is 117 Å². The van der Waals surface area contributed by atoms with Gasteiger partial charge < -0.3 is 119 Å². The fourth-order valence-corrected chi connectivity index (χ4v) is 16.9. The summed E-state index contributed by atoms with van der Waals surface area (Å²) in [6.07, 6.45) is 0.688. The minimum Gasteiger partial charge on any atom is -0.508 e. The van der Waals surface area contributed by atoms with Crippen LogP contribution in [0.4, 0.5) is 13.2 Å². The normalized spacial score (nSPS) is 16.1. The number of carboxylic acid groups (broad SMARTS) is 1. The molecule has 18 N–H and O–H groups in total. The Morgan fingerprint density at radius 3 is 1.65 bits per heavy atom. The summed E-state index contributed by atoms with van der Waals surface area (Å²) in [5.74, 6) is -18.9. The van der Waals surface area contributed by atoms with E-state index in [0.29, 0.717) is 63.7 Å². The minimum atomic E-state index is -1.84. The molecule has 2 aliphatic rings. The van der Waals surface area contributed by atoms with Crippen molar-refractivity contribution in [1.82, 2.24) is 72.0 Å². The van der Waals surface area contributed by atoms with Crippen LogP contribution in [-0.2, 0) is 120 Å². The lowest BCUT2D eigenvalue weighted by molar-refractivity contribution is -0.157. The zero-order chi connectivity index (χ0) is 99.7. The van der Waals surface area contributed by atoms with Gasteiger partial charge in [-0.25, -0.2) is 13.2 Å². The number of carbonyl (C=O) groups is 15. The Hall–Kier alpha value is -13.4. The number of aromatic amines is 1. The van der Waals surface area contributed by atoms with Gasteiger partial charge in [0.1, 0.15) is 72.2 Å². The molecule has 3 heterocycles. The lowest BCUT2D eigenvalue weighted by Crippen LogP contribution is -2.64. The fourth-order valence-electron chi connectivity index (χ4n) is 16.0. The zero-order valence-electron chi connectivity index (χ0n) is 77.1. The highest BCUT2D eigenvalue weighted by Gasteiger charge is 2.45. The average molecular weight is 1920 g/mol. The number of thioether (sulfide) groups is 1. The summed E-state index contributed by atoms with van der Waals surface area (Å²) in [6, 6.07) is 19.1. The van der Waals surface area contributed by atoms with E-state index in [-0.39, 0.29) is 132 Å². The highest BCUT2D eigenvalue weighted by Crippen LogP contribution is 2.27. The van der Waals surface area contributed by atoms with Gasteiger partial charge in [0, 0.05) is 108 Å². The third kappa shape index (κ3) is 31.3. The monoisotopic (exact) mass is 1920 g/mol. The first-order valence-corrected chi connectivity index (χ1v) is 46.3. The number of rotatable bonds is 51. The molecule has 137 heavy (non-hydrogen) atoms. The number of fused-ring (bicyclic) bond motifs is 1. The summed E-state index contributed by atoms with van der Waals surface area (Å²) in [4.78, 5) is 224. The molecular weight excluding hydrogens is 1800 g/mol. The van der Waals surface area contributed by atoms with Gasteiger partial charge >= 0.3 is 5.97 Å². The molecular formula is C96H122F3N17O20S. The summed E-state index contributed by atoms with van der Waals surface area (Å²) in [6.45, 7) is 3.20. The number of para-hydroxylation sites is 1. The van der Waals surface area contributed by atoms with Crippen molar-refractivity contribution in [2.24, 2.45) is 23.1 Å². The maximum absolute atomic E-state index is 15.6. The Bertz CT molecular complexity index is 5300. The predicted molar refractivity (Wildman–Crippen MR) is 500 cm³/mol. The number of aldehydes is 1. The number of aliphatic carboxylic acids is 1. The van der Waals surface area contributed by atoms with E-state index in [2.05, 4.69) is 47.5 Å². The van der Waals surface area contributed by atoms with Crippen LogP contribution >= 0.6 is 11.8 Å². The number of carboxylic acids is 1. The molecule has 0 bridgehead atoms. The number of aromatic nitrogens is 1.